The largest absolute Gasteiger partial charge is 0.328 e. The van der Waals surface area contributed by atoms with Gasteiger partial charge in [-0.2, -0.15) is 0 Å². The molecule has 3 rings (SSSR count). The van der Waals surface area contributed by atoms with E-state index in [2.05, 4.69) is 0 Å². The van der Waals surface area contributed by atoms with Crippen molar-refractivity contribution in [2.24, 2.45) is 0 Å². The Bertz CT molecular complexity index is 807. The first-order valence-corrected chi connectivity index (χ1v) is 8.33. The molecule has 0 N–H and O–H groups in total. The van der Waals surface area contributed by atoms with Crippen molar-refractivity contribution in [3.05, 3.63) is 63.6 Å². The van der Waals surface area contributed by atoms with E-state index in [-0.39, 0.29) is 5.02 Å². The topological polar surface area (TPSA) is 40.6 Å². The first-order valence-electron chi connectivity index (χ1n) is 7.57. The lowest BCUT2D eigenvalue weighted by Gasteiger charge is -2.34. The van der Waals surface area contributed by atoms with Gasteiger partial charge >= 0.3 is 11.8 Å². The average molecular weight is 363 g/mol. The molecule has 0 atom stereocenters. The standard InChI is InChI=1S/C18H16Cl2N2O2/c1-12-4-2-5-13(10-12)11-21-8-9-22(18(24)17(21)23)15-7-3-6-14(19)16(15)20/h2-7,10H,8-9,11H2,1H3. The van der Waals surface area contributed by atoms with Crippen molar-refractivity contribution >= 4 is 40.7 Å². The second-order valence-electron chi connectivity index (χ2n) is 5.75. The number of rotatable bonds is 3. The van der Waals surface area contributed by atoms with Crippen LogP contribution in [0.5, 0.6) is 0 Å². The molecular formula is C18H16Cl2N2O2. The predicted octanol–water partition coefficient (Wildman–Crippen LogP) is 3.68. The Labute approximate surface area is 150 Å². The summed E-state index contributed by atoms with van der Waals surface area (Å²) in [6.45, 7) is 3.25. The van der Waals surface area contributed by atoms with Crippen molar-refractivity contribution in [1.29, 1.82) is 0 Å². The summed E-state index contributed by atoms with van der Waals surface area (Å²) in [5.41, 5.74) is 2.60. The normalized spacial score (nSPS) is 15.1. The Morgan fingerprint density at radius 2 is 1.75 bits per heavy atom. The molecule has 0 bridgehead atoms. The first-order chi connectivity index (χ1) is 11.5. The van der Waals surface area contributed by atoms with Crippen LogP contribution in [0.2, 0.25) is 10.0 Å². The van der Waals surface area contributed by atoms with Crippen LogP contribution in [0.15, 0.2) is 42.5 Å². The molecular weight excluding hydrogens is 347 g/mol. The van der Waals surface area contributed by atoms with Gasteiger partial charge in [0.25, 0.3) is 0 Å². The lowest BCUT2D eigenvalue weighted by molar-refractivity contribution is -0.146. The summed E-state index contributed by atoms with van der Waals surface area (Å²) < 4.78 is 0. The lowest BCUT2D eigenvalue weighted by atomic mass is 10.1. The van der Waals surface area contributed by atoms with Gasteiger partial charge in [-0.1, -0.05) is 59.1 Å². The van der Waals surface area contributed by atoms with E-state index < -0.39 is 11.8 Å². The van der Waals surface area contributed by atoms with Gasteiger partial charge in [-0.25, -0.2) is 0 Å². The Balaban J connectivity index is 1.79. The summed E-state index contributed by atoms with van der Waals surface area (Å²) in [7, 11) is 0. The van der Waals surface area contributed by atoms with E-state index in [0.717, 1.165) is 11.1 Å². The average Bonchev–Trinajstić information content (AvgIpc) is 2.55. The van der Waals surface area contributed by atoms with E-state index in [9.17, 15) is 9.59 Å². The monoisotopic (exact) mass is 362 g/mol. The summed E-state index contributed by atoms with van der Waals surface area (Å²) in [5.74, 6) is -1.11. The van der Waals surface area contributed by atoms with Gasteiger partial charge in [0.15, 0.2) is 0 Å². The first kappa shape index (κ1) is 16.8. The van der Waals surface area contributed by atoms with Crippen LogP contribution in [0, 0.1) is 6.92 Å². The molecule has 0 spiro atoms. The SMILES string of the molecule is Cc1cccc(CN2CCN(c3cccc(Cl)c3Cl)C(=O)C2=O)c1. The van der Waals surface area contributed by atoms with Crippen molar-refractivity contribution in [2.45, 2.75) is 13.5 Å². The van der Waals surface area contributed by atoms with E-state index in [1.807, 2.05) is 31.2 Å². The molecule has 1 fully saturated rings. The summed E-state index contributed by atoms with van der Waals surface area (Å²) in [4.78, 5) is 27.9. The number of hydrogen-bond acceptors (Lipinski definition) is 2. The Morgan fingerprint density at radius 3 is 2.50 bits per heavy atom. The van der Waals surface area contributed by atoms with E-state index >= 15 is 0 Å². The summed E-state index contributed by atoms with van der Waals surface area (Å²) in [6.07, 6.45) is 0. The number of halogens is 2. The van der Waals surface area contributed by atoms with Crippen LogP contribution in [0.1, 0.15) is 11.1 Å². The molecule has 0 radical (unpaired) electrons. The number of carbonyl (C=O) groups is 2. The van der Waals surface area contributed by atoms with Crippen LogP contribution < -0.4 is 4.90 Å². The Kier molecular flexibility index (Phi) is 4.78. The van der Waals surface area contributed by atoms with Crippen LogP contribution in [0.3, 0.4) is 0 Å². The fourth-order valence-corrected chi connectivity index (χ4v) is 3.18. The highest BCUT2D eigenvalue weighted by Gasteiger charge is 2.34. The fourth-order valence-electron chi connectivity index (χ4n) is 2.79. The lowest BCUT2D eigenvalue weighted by Crippen LogP contribution is -2.54. The van der Waals surface area contributed by atoms with E-state index in [0.29, 0.717) is 30.3 Å². The van der Waals surface area contributed by atoms with E-state index in [1.54, 1.807) is 23.1 Å². The van der Waals surface area contributed by atoms with Gasteiger partial charge in [-0.15, -0.1) is 0 Å². The second-order valence-corrected chi connectivity index (χ2v) is 6.53. The number of hydrogen-bond donors (Lipinski definition) is 0. The zero-order valence-corrected chi connectivity index (χ0v) is 14.6. The molecule has 0 aliphatic carbocycles. The minimum atomic E-state index is -0.585. The van der Waals surface area contributed by atoms with Gasteiger partial charge in [-0.05, 0) is 24.6 Å². The van der Waals surface area contributed by atoms with Gasteiger partial charge in [0, 0.05) is 19.6 Å². The predicted molar refractivity (Wildman–Crippen MR) is 95.4 cm³/mol. The quantitative estimate of drug-likeness (QED) is 0.781. The minimum absolute atomic E-state index is 0.285. The van der Waals surface area contributed by atoms with E-state index in [1.165, 1.54) is 4.90 Å². The third-order valence-electron chi connectivity index (χ3n) is 3.99. The molecule has 2 aromatic carbocycles. The van der Waals surface area contributed by atoms with Crippen molar-refractivity contribution in [3.63, 3.8) is 0 Å². The molecule has 0 saturated carbocycles. The third-order valence-corrected chi connectivity index (χ3v) is 4.80. The van der Waals surface area contributed by atoms with Crippen molar-refractivity contribution in [2.75, 3.05) is 18.0 Å². The summed E-state index contributed by atoms with van der Waals surface area (Å²) >= 11 is 12.2. The van der Waals surface area contributed by atoms with Crippen LogP contribution in [-0.2, 0) is 16.1 Å². The molecule has 2 amide bonds. The number of amides is 2. The van der Waals surface area contributed by atoms with Gasteiger partial charge in [0.2, 0.25) is 0 Å². The molecule has 124 valence electrons. The minimum Gasteiger partial charge on any atom is -0.328 e. The van der Waals surface area contributed by atoms with E-state index in [4.69, 9.17) is 23.2 Å². The summed E-state index contributed by atoms with van der Waals surface area (Å²) in [5, 5.41) is 0.643. The molecule has 1 saturated heterocycles. The van der Waals surface area contributed by atoms with Crippen LogP contribution in [0.4, 0.5) is 5.69 Å². The molecule has 24 heavy (non-hydrogen) atoms. The van der Waals surface area contributed by atoms with Gasteiger partial charge < -0.3 is 9.80 Å². The van der Waals surface area contributed by atoms with Crippen LogP contribution in [0.25, 0.3) is 0 Å². The molecule has 4 nitrogen and oxygen atoms in total. The number of nitrogens with zero attached hydrogens (tertiary/aromatic N) is 2. The van der Waals surface area contributed by atoms with Gasteiger partial charge in [0.1, 0.15) is 0 Å². The molecule has 1 aliphatic heterocycles. The molecule has 1 heterocycles. The van der Waals surface area contributed by atoms with Gasteiger partial charge in [0.05, 0.1) is 15.7 Å². The number of anilines is 1. The number of benzene rings is 2. The van der Waals surface area contributed by atoms with Gasteiger partial charge in [-0.3, -0.25) is 9.59 Å². The van der Waals surface area contributed by atoms with Crippen LogP contribution in [-0.4, -0.2) is 29.8 Å². The molecule has 0 aromatic heterocycles. The van der Waals surface area contributed by atoms with Crippen molar-refractivity contribution < 1.29 is 9.59 Å². The number of carbonyl (C=O) groups excluding carboxylic acids is 2. The molecule has 1 aliphatic rings. The Morgan fingerprint density at radius 1 is 1.00 bits per heavy atom. The maximum Gasteiger partial charge on any atom is 0.316 e. The highest BCUT2D eigenvalue weighted by atomic mass is 35.5. The highest BCUT2D eigenvalue weighted by molar-refractivity contribution is 6.46. The smallest absolute Gasteiger partial charge is 0.316 e. The van der Waals surface area contributed by atoms with Crippen molar-refractivity contribution in [3.8, 4) is 0 Å². The maximum atomic E-state index is 12.5. The molecule has 0 unspecified atom stereocenters. The highest BCUT2D eigenvalue weighted by Crippen LogP contribution is 2.33. The number of piperazine rings is 1. The zero-order chi connectivity index (χ0) is 17.3. The maximum absolute atomic E-state index is 12.5. The third kappa shape index (κ3) is 3.25. The van der Waals surface area contributed by atoms with Crippen LogP contribution >= 0.6 is 23.2 Å². The second kappa shape index (κ2) is 6.83. The Hall–Kier alpha value is -2.04. The molecule has 6 heteroatoms. The molecule has 2 aromatic rings. The number of aryl methyl sites for hydroxylation is 1. The fraction of sp³-hybridized carbons (Fsp3) is 0.222. The van der Waals surface area contributed by atoms with Crippen molar-refractivity contribution in [1.82, 2.24) is 4.90 Å². The zero-order valence-electron chi connectivity index (χ0n) is 13.1. The summed E-state index contributed by atoms with van der Waals surface area (Å²) in [6, 6.07) is 12.9.